The van der Waals surface area contributed by atoms with E-state index >= 15 is 0 Å². The number of rotatable bonds is 8. The predicted molar refractivity (Wildman–Crippen MR) is 112 cm³/mol. The minimum atomic E-state index is -0.0258. The van der Waals surface area contributed by atoms with E-state index in [1.807, 2.05) is 55.6 Å². The first-order chi connectivity index (χ1) is 13.7. The van der Waals surface area contributed by atoms with E-state index in [2.05, 4.69) is 16.4 Å². The van der Waals surface area contributed by atoms with E-state index in [1.165, 1.54) is 5.56 Å². The van der Waals surface area contributed by atoms with Gasteiger partial charge in [0.05, 0.1) is 7.11 Å². The highest BCUT2D eigenvalue weighted by Crippen LogP contribution is 2.14. The summed E-state index contributed by atoms with van der Waals surface area (Å²) in [6.45, 7) is 1.29. The maximum absolute atomic E-state index is 12.7. The molecule has 0 aliphatic carbocycles. The van der Waals surface area contributed by atoms with Crippen molar-refractivity contribution < 1.29 is 9.53 Å². The molecule has 3 aromatic rings. The van der Waals surface area contributed by atoms with Crippen molar-refractivity contribution in [2.45, 2.75) is 13.0 Å². The van der Waals surface area contributed by atoms with Gasteiger partial charge in [0.15, 0.2) is 0 Å². The third kappa shape index (κ3) is 5.33. The second kappa shape index (κ2) is 9.55. The minimum absolute atomic E-state index is 0.0258. The van der Waals surface area contributed by atoms with Crippen molar-refractivity contribution in [2.24, 2.45) is 0 Å². The standard InChI is InChI=1S/C23H25N3O2/c1-26(17-19-7-4-3-5-8-19)23(27)20-12-14-25-22(16-20)24-13-11-18-9-6-10-21(15-18)28-2/h3-10,12,14-16H,11,13,17H2,1-2H3,(H,24,25). The van der Waals surface area contributed by atoms with Crippen LogP contribution in [0.1, 0.15) is 21.5 Å². The molecule has 0 fully saturated rings. The third-order valence-corrected chi connectivity index (χ3v) is 4.47. The SMILES string of the molecule is COc1cccc(CCNc2cc(C(=O)N(C)Cc3ccccc3)ccn2)c1. The highest BCUT2D eigenvalue weighted by atomic mass is 16.5. The van der Waals surface area contributed by atoms with Gasteiger partial charge in [-0.1, -0.05) is 42.5 Å². The Labute approximate surface area is 166 Å². The van der Waals surface area contributed by atoms with Gasteiger partial charge in [0.25, 0.3) is 5.91 Å². The van der Waals surface area contributed by atoms with Crippen LogP contribution >= 0.6 is 0 Å². The number of carbonyl (C=O) groups is 1. The van der Waals surface area contributed by atoms with E-state index in [1.54, 1.807) is 30.3 Å². The summed E-state index contributed by atoms with van der Waals surface area (Å²) in [4.78, 5) is 18.8. The Kier molecular flexibility index (Phi) is 6.63. The van der Waals surface area contributed by atoms with Crippen molar-refractivity contribution in [2.75, 3.05) is 26.0 Å². The molecule has 1 heterocycles. The van der Waals surface area contributed by atoms with Crippen LogP contribution in [0, 0.1) is 0 Å². The summed E-state index contributed by atoms with van der Waals surface area (Å²) in [7, 11) is 3.48. The number of nitrogens with zero attached hydrogens (tertiary/aromatic N) is 2. The zero-order valence-corrected chi connectivity index (χ0v) is 16.3. The van der Waals surface area contributed by atoms with E-state index in [0.717, 1.165) is 24.3 Å². The van der Waals surface area contributed by atoms with Gasteiger partial charge in [0.2, 0.25) is 0 Å². The minimum Gasteiger partial charge on any atom is -0.497 e. The van der Waals surface area contributed by atoms with Crippen molar-refractivity contribution in [1.29, 1.82) is 0 Å². The molecule has 0 atom stereocenters. The highest BCUT2D eigenvalue weighted by Gasteiger charge is 2.13. The molecular weight excluding hydrogens is 350 g/mol. The first-order valence-corrected chi connectivity index (χ1v) is 9.28. The van der Waals surface area contributed by atoms with Crippen LogP contribution < -0.4 is 10.1 Å². The molecule has 1 N–H and O–H groups in total. The molecule has 0 bridgehead atoms. The molecule has 2 aromatic carbocycles. The summed E-state index contributed by atoms with van der Waals surface area (Å²) in [5.74, 6) is 1.52. The molecule has 3 rings (SSSR count). The lowest BCUT2D eigenvalue weighted by molar-refractivity contribution is 0.0785. The molecule has 5 nitrogen and oxygen atoms in total. The number of carbonyl (C=O) groups excluding carboxylic acids is 1. The molecule has 0 aliphatic heterocycles. The summed E-state index contributed by atoms with van der Waals surface area (Å²) in [6, 6.07) is 21.5. The quantitative estimate of drug-likeness (QED) is 0.646. The number of hydrogen-bond donors (Lipinski definition) is 1. The lowest BCUT2D eigenvalue weighted by Crippen LogP contribution is -2.26. The van der Waals surface area contributed by atoms with Gasteiger partial charge in [0, 0.05) is 31.9 Å². The Morgan fingerprint density at radius 1 is 1.04 bits per heavy atom. The first-order valence-electron chi connectivity index (χ1n) is 9.28. The van der Waals surface area contributed by atoms with Crippen LogP contribution in [0.4, 0.5) is 5.82 Å². The smallest absolute Gasteiger partial charge is 0.254 e. The second-order valence-corrected chi connectivity index (χ2v) is 6.60. The van der Waals surface area contributed by atoms with Crippen molar-refractivity contribution in [3.63, 3.8) is 0 Å². The van der Waals surface area contributed by atoms with Crippen LogP contribution in [-0.4, -0.2) is 36.5 Å². The van der Waals surface area contributed by atoms with Gasteiger partial charge in [-0.25, -0.2) is 4.98 Å². The molecular formula is C23H25N3O2. The fourth-order valence-corrected chi connectivity index (χ4v) is 2.97. The van der Waals surface area contributed by atoms with Gasteiger partial charge >= 0.3 is 0 Å². The molecule has 0 aliphatic rings. The predicted octanol–water partition coefficient (Wildman–Crippen LogP) is 4.02. The van der Waals surface area contributed by atoms with Crippen molar-refractivity contribution in [3.05, 3.63) is 89.6 Å². The number of ether oxygens (including phenoxy) is 1. The molecule has 0 spiro atoms. The van der Waals surface area contributed by atoms with Crippen LogP contribution in [0.5, 0.6) is 5.75 Å². The lowest BCUT2D eigenvalue weighted by Gasteiger charge is -2.17. The van der Waals surface area contributed by atoms with Gasteiger partial charge in [-0.2, -0.15) is 0 Å². The van der Waals surface area contributed by atoms with Gasteiger partial charge < -0.3 is 15.0 Å². The maximum Gasteiger partial charge on any atom is 0.254 e. The second-order valence-electron chi connectivity index (χ2n) is 6.60. The average molecular weight is 375 g/mol. The van der Waals surface area contributed by atoms with Crippen molar-refractivity contribution in [3.8, 4) is 5.75 Å². The zero-order chi connectivity index (χ0) is 19.8. The van der Waals surface area contributed by atoms with Crippen molar-refractivity contribution >= 4 is 11.7 Å². The van der Waals surface area contributed by atoms with Crippen LogP contribution in [-0.2, 0) is 13.0 Å². The monoisotopic (exact) mass is 375 g/mol. The fourth-order valence-electron chi connectivity index (χ4n) is 2.97. The van der Waals surface area contributed by atoms with E-state index in [9.17, 15) is 4.79 Å². The molecule has 0 radical (unpaired) electrons. The Hall–Kier alpha value is -3.34. The largest absolute Gasteiger partial charge is 0.497 e. The number of aromatic nitrogens is 1. The van der Waals surface area contributed by atoms with E-state index in [4.69, 9.17) is 4.74 Å². The summed E-state index contributed by atoms with van der Waals surface area (Å²) in [6.07, 6.45) is 2.50. The Balaban J connectivity index is 1.57. The molecule has 1 aromatic heterocycles. The van der Waals surface area contributed by atoms with Gasteiger partial charge in [-0.05, 0) is 41.8 Å². The van der Waals surface area contributed by atoms with Crippen molar-refractivity contribution in [1.82, 2.24) is 9.88 Å². The number of anilines is 1. The summed E-state index contributed by atoms with van der Waals surface area (Å²) < 4.78 is 5.25. The van der Waals surface area contributed by atoms with Gasteiger partial charge in [0.1, 0.15) is 11.6 Å². The molecule has 144 valence electrons. The molecule has 28 heavy (non-hydrogen) atoms. The summed E-state index contributed by atoms with van der Waals surface area (Å²) >= 11 is 0. The third-order valence-electron chi connectivity index (χ3n) is 4.47. The van der Waals surface area contributed by atoms with Crippen LogP contribution in [0.25, 0.3) is 0 Å². The number of hydrogen-bond acceptors (Lipinski definition) is 4. The van der Waals surface area contributed by atoms with Crippen LogP contribution in [0.3, 0.4) is 0 Å². The fraction of sp³-hybridized carbons (Fsp3) is 0.217. The van der Waals surface area contributed by atoms with Crippen LogP contribution in [0.15, 0.2) is 72.9 Å². The van der Waals surface area contributed by atoms with E-state index < -0.39 is 0 Å². The number of pyridine rings is 1. The number of amides is 1. The first kappa shape index (κ1) is 19.4. The topological polar surface area (TPSA) is 54.5 Å². The van der Waals surface area contributed by atoms with Gasteiger partial charge in [-0.3, -0.25) is 4.79 Å². The highest BCUT2D eigenvalue weighted by molar-refractivity contribution is 5.94. The summed E-state index contributed by atoms with van der Waals surface area (Å²) in [5, 5.41) is 3.29. The van der Waals surface area contributed by atoms with Crippen LogP contribution in [0.2, 0.25) is 0 Å². The Bertz CT molecular complexity index is 912. The molecule has 0 unspecified atom stereocenters. The zero-order valence-electron chi connectivity index (χ0n) is 16.3. The average Bonchev–Trinajstić information content (AvgIpc) is 2.74. The molecule has 0 saturated carbocycles. The normalized spacial score (nSPS) is 10.4. The number of nitrogens with one attached hydrogen (secondary N) is 1. The maximum atomic E-state index is 12.7. The van der Waals surface area contributed by atoms with E-state index in [-0.39, 0.29) is 5.91 Å². The lowest BCUT2D eigenvalue weighted by atomic mass is 10.1. The van der Waals surface area contributed by atoms with E-state index in [0.29, 0.717) is 17.9 Å². The molecule has 1 amide bonds. The number of methoxy groups -OCH3 is 1. The molecule has 0 saturated heterocycles. The van der Waals surface area contributed by atoms with Gasteiger partial charge in [-0.15, -0.1) is 0 Å². The summed E-state index contributed by atoms with van der Waals surface area (Å²) in [5.41, 5.74) is 2.91. The Morgan fingerprint density at radius 3 is 2.61 bits per heavy atom. The molecule has 5 heteroatoms. The number of benzene rings is 2. The Morgan fingerprint density at radius 2 is 1.82 bits per heavy atom.